The van der Waals surface area contributed by atoms with Crippen LogP contribution >= 0.6 is 0 Å². The van der Waals surface area contributed by atoms with E-state index < -0.39 is 0 Å². The SMILES string of the molecule is CNC(=O)c1ccc(-c2nc3ccccc3n2C[C@@H]2CCCN(C)C2)cc1. The number of carbonyl (C=O) groups is 1. The van der Waals surface area contributed by atoms with Crippen LogP contribution in [-0.4, -0.2) is 47.5 Å². The highest BCUT2D eigenvalue weighted by Gasteiger charge is 2.21. The number of hydrogen-bond donors (Lipinski definition) is 1. The predicted molar refractivity (Wildman–Crippen MR) is 109 cm³/mol. The van der Waals surface area contributed by atoms with Crippen LogP contribution in [-0.2, 0) is 6.54 Å². The van der Waals surface area contributed by atoms with Gasteiger partial charge in [-0.2, -0.15) is 0 Å². The summed E-state index contributed by atoms with van der Waals surface area (Å²) in [4.78, 5) is 19.2. The summed E-state index contributed by atoms with van der Waals surface area (Å²) in [6.07, 6.45) is 2.51. The first-order valence-corrected chi connectivity index (χ1v) is 9.62. The number of likely N-dealkylation sites (tertiary alicyclic amines) is 1. The minimum atomic E-state index is -0.0692. The summed E-state index contributed by atoms with van der Waals surface area (Å²) >= 11 is 0. The molecular formula is C22H26N4O. The monoisotopic (exact) mass is 362 g/mol. The van der Waals surface area contributed by atoms with Gasteiger partial charge in [0.25, 0.3) is 5.91 Å². The molecular weight excluding hydrogens is 336 g/mol. The van der Waals surface area contributed by atoms with Crippen molar-refractivity contribution in [1.82, 2.24) is 19.8 Å². The van der Waals surface area contributed by atoms with Crippen molar-refractivity contribution in [2.75, 3.05) is 27.2 Å². The van der Waals surface area contributed by atoms with Gasteiger partial charge in [0.15, 0.2) is 0 Å². The lowest BCUT2D eigenvalue weighted by Crippen LogP contribution is -2.34. The summed E-state index contributed by atoms with van der Waals surface area (Å²) in [5.74, 6) is 1.54. The van der Waals surface area contributed by atoms with Crippen LogP contribution in [0.2, 0.25) is 0 Å². The van der Waals surface area contributed by atoms with Gasteiger partial charge in [-0.25, -0.2) is 4.98 Å². The Balaban J connectivity index is 1.72. The maximum atomic E-state index is 11.8. The summed E-state index contributed by atoms with van der Waals surface area (Å²) in [5.41, 5.74) is 3.91. The highest BCUT2D eigenvalue weighted by Crippen LogP contribution is 2.28. The van der Waals surface area contributed by atoms with E-state index in [2.05, 4.69) is 40.0 Å². The normalized spacial score (nSPS) is 17.9. The van der Waals surface area contributed by atoms with E-state index in [9.17, 15) is 4.79 Å². The number of rotatable bonds is 4. The molecule has 1 aliphatic rings. The number of piperidine rings is 1. The molecule has 0 radical (unpaired) electrons. The molecule has 5 heteroatoms. The zero-order valence-corrected chi connectivity index (χ0v) is 16.0. The van der Waals surface area contributed by atoms with Gasteiger partial charge in [0.1, 0.15) is 5.82 Å². The van der Waals surface area contributed by atoms with Crippen molar-refractivity contribution >= 4 is 16.9 Å². The molecule has 1 aromatic heterocycles. The maximum Gasteiger partial charge on any atom is 0.251 e. The summed E-state index contributed by atoms with van der Waals surface area (Å²) in [6, 6.07) is 16.1. The van der Waals surface area contributed by atoms with Gasteiger partial charge in [-0.1, -0.05) is 24.3 Å². The van der Waals surface area contributed by atoms with Crippen LogP contribution < -0.4 is 5.32 Å². The average Bonchev–Trinajstić information content (AvgIpc) is 3.06. The Hall–Kier alpha value is -2.66. The van der Waals surface area contributed by atoms with Crippen LogP contribution in [0, 0.1) is 5.92 Å². The van der Waals surface area contributed by atoms with Crippen molar-refractivity contribution in [2.45, 2.75) is 19.4 Å². The number of fused-ring (bicyclic) bond motifs is 1. The highest BCUT2D eigenvalue weighted by molar-refractivity contribution is 5.94. The van der Waals surface area contributed by atoms with Gasteiger partial charge in [-0.3, -0.25) is 4.79 Å². The molecule has 27 heavy (non-hydrogen) atoms. The van der Waals surface area contributed by atoms with E-state index in [1.807, 2.05) is 30.3 Å². The number of nitrogens with zero attached hydrogens (tertiary/aromatic N) is 3. The minimum Gasteiger partial charge on any atom is -0.355 e. The second kappa shape index (κ2) is 7.53. The third-order valence-corrected chi connectivity index (χ3v) is 5.45. The van der Waals surface area contributed by atoms with Crippen LogP contribution in [0.25, 0.3) is 22.4 Å². The third-order valence-electron chi connectivity index (χ3n) is 5.45. The van der Waals surface area contributed by atoms with Crippen LogP contribution in [0.3, 0.4) is 0 Å². The van der Waals surface area contributed by atoms with Gasteiger partial charge in [-0.15, -0.1) is 0 Å². The number of para-hydroxylation sites is 2. The lowest BCUT2D eigenvalue weighted by molar-refractivity contribution is 0.0963. The first-order valence-electron chi connectivity index (χ1n) is 9.62. The molecule has 0 spiro atoms. The molecule has 1 saturated heterocycles. The van der Waals surface area contributed by atoms with E-state index in [1.54, 1.807) is 7.05 Å². The minimum absolute atomic E-state index is 0.0692. The third kappa shape index (κ3) is 3.60. The quantitative estimate of drug-likeness (QED) is 0.774. The standard InChI is InChI=1S/C22H26N4O/c1-23-22(27)18-11-9-17(10-12-18)21-24-19-7-3-4-8-20(19)26(21)15-16-6-5-13-25(2)14-16/h3-4,7-12,16H,5-6,13-15H2,1-2H3,(H,23,27)/t16-/m1/s1. The molecule has 1 aliphatic heterocycles. The van der Waals surface area contributed by atoms with Crippen molar-refractivity contribution in [3.05, 3.63) is 54.1 Å². The number of carbonyl (C=O) groups excluding carboxylic acids is 1. The zero-order chi connectivity index (χ0) is 18.8. The van der Waals surface area contributed by atoms with Gasteiger partial charge >= 0.3 is 0 Å². The first kappa shape index (κ1) is 17.7. The molecule has 3 aromatic rings. The lowest BCUT2D eigenvalue weighted by Gasteiger charge is -2.30. The summed E-state index contributed by atoms with van der Waals surface area (Å²) in [7, 11) is 3.85. The first-order chi connectivity index (χ1) is 13.2. The number of benzene rings is 2. The zero-order valence-electron chi connectivity index (χ0n) is 16.0. The molecule has 0 saturated carbocycles. The fraction of sp³-hybridized carbons (Fsp3) is 0.364. The smallest absolute Gasteiger partial charge is 0.251 e. The van der Waals surface area contributed by atoms with E-state index in [0.717, 1.165) is 30.0 Å². The van der Waals surface area contributed by atoms with Gasteiger partial charge in [0.2, 0.25) is 0 Å². The van der Waals surface area contributed by atoms with Crippen LogP contribution in [0.15, 0.2) is 48.5 Å². The fourth-order valence-electron chi connectivity index (χ4n) is 4.08. The van der Waals surface area contributed by atoms with E-state index in [0.29, 0.717) is 11.5 Å². The van der Waals surface area contributed by atoms with Crippen LogP contribution in [0.1, 0.15) is 23.2 Å². The highest BCUT2D eigenvalue weighted by atomic mass is 16.1. The maximum absolute atomic E-state index is 11.8. The van der Waals surface area contributed by atoms with Gasteiger partial charge < -0.3 is 14.8 Å². The Labute approximate surface area is 160 Å². The predicted octanol–water partition coefficient (Wildman–Crippen LogP) is 3.40. The van der Waals surface area contributed by atoms with E-state index in [4.69, 9.17) is 4.98 Å². The molecule has 0 aliphatic carbocycles. The largest absolute Gasteiger partial charge is 0.355 e. The van der Waals surface area contributed by atoms with Crippen molar-refractivity contribution in [1.29, 1.82) is 0 Å². The van der Waals surface area contributed by atoms with Crippen molar-refractivity contribution < 1.29 is 4.79 Å². The molecule has 2 heterocycles. The molecule has 0 unspecified atom stereocenters. The van der Waals surface area contributed by atoms with Gasteiger partial charge in [0.05, 0.1) is 11.0 Å². The van der Waals surface area contributed by atoms with Crippen molar-refractivity contribution in [3.8, 4) is 11.4 Å². The fourth-order valence-corrected chi connectivity index (χ4v) is 4.08. The van der Waals surface area contributed by atoms with Crippen molar-refractivity contribution in [3.63, 3.8) is 0 Å². The van der Waals surface area contributed by atoms with Crippen LogP contribution in [0.4, 0.5) is 0 Å². The average molecular weight is 362 g/mol. The number of hydrogen-bond acceptors (Lipinski definition) is 3. The Kier molecular flexibility index (Phi) is 4.94. The lowest BCUT2D eigenvalue weighted by atomic mass is 9.98. The van der Waals surface area contributed by atoms with Gasteiger partial charge in [0, 0.05) is 31.3 Å². The number of amides is 1. The Bertz CT molecular complexity index is 945. The molecule has 1 amide bonds. The number of imidazole rings is 1. The molecule has 2 aromatic carbocycles. The van der Waals surface area contributed by atoms with E-state index >= 15 is 0 Å². The molecule has 4 rings (SSSR count). The number of aromatic nitrogens is 2. The summed E-state index contributed by atoms with van der Waals surface area (Å²) < 4.78 is 2.36. The van der Waals surface area contributed by atoms with Gasteiger partial charge in [-0.05, 0) is 56.6 Å². The topological polar surface area (TPSA) is 50.2 Å². The Morgan fingerprint density at radius 2 is 1.96 bits per heavy atom. The Morgan fingerprint density at radius 1 is 1.19 bits per heavy atom. The van der Waals surface area contributed by atoms with E-state index in [-0.39, 0.29) is 5.91 Å². The molecule has 140 valence electrons. The van der Waals surface area contributed by atoms with Crippen LogP contribution in [0.5, 0.6) is 0 Å². The Morgan fingerprint density at radius 3 is 2.70 bits per heavy atom. The molecule has 5 nitrogen and oxygen atoms in total. The molecule has 1 N–H and O–H groups in total. The van der Waals surface area contributed by atoms with E-state index in [1.165, 1.54) is 24.9 Å². The molecule has 0 bridgehead atoms. The number of nitrogens with one attached hydrogen (secondary N) is 1. The summed E-state index contributed by atoms with van der Waals surface area (Å²) in [6.45, 7) is 3.29. The summed E-state index contributed by atoms with van der Waals surface area (Å²) in [5, 5.41) is 2.67. The molecule has 1 fully saturated rings. The second-order valence-corrected chi connectivity index (χ2v) is 7.46. The second-order valence-electron chi connectivity index (χ2n) is 7.46. The molecule has 1 atom stereocenters. The van der Waals surface area contributed by atoms with Crippen molar-refractivity contribution in [2.24, 2.45) is 5.92 Å².